The highest BCUT2D eigenvalue weighted by atomic mass is 35.7. The van der Waals surface area contributed by atoms with Crippen LogP contribution in [0.5, 0.6) is 5.75 Å². The molecule has 2 aromatic rings. The maximum Gasteiger partial charge on any atom is 0.367 e. The van der Waals surface area contributed by atoms with Crippen molar-refractivity contribution in [3.63, 3.8) is 0 Å². The van der Waals surface area contributed by atoms with Crippen molar-refractivity contribution >= 4 is 23.3 Å². The number of benzene rings is 2. The fourth-order valence-corrected chi connectivity index (χ4v) is 3.80. The van der Waals surface area contributed by atoms with E-state index in [0.717, 1.165) is 11.1 Å². The number of fused-ring (bicyclic) bond motifs is 3. The minimum absolute atomic E-state index is 0.579. The van der Waals surface area contributed by atoms with Crippen molar-refractivity contribution in [3.8, 4) is 16.9 Å². The van der Waals surface area contributed by atoms with Crippen LogP contribution < -0.4 is 9.83 Å². The van der Waals surface area contributed by atoms with E-state index in [1.807, 2.05) is 36.4 Å². The maximum atomic E-state index is 12.2. The van der Waals surface area contributed by atoms with Gasteiger partial charge in [-0.2, -0.15) is 0 Å². The molecule has 4 heteroatoms. The molecule has 80 valence electrons. The van der Waals surface area contributed by atoms with Gasteiger partial charge in [-0.1, -0.05) is 36.4 Å². The third kappa shape index (κ3) is 1.38. The number of hydrogen-bond donors (Lipinski definition) is 0. The summed E-state index contributed by atoms with van der Waals surface area (Å²) >= 11 is 5.96. The minimum Gasteiger partial charge on any atom is -0.429 e. The monoisotopic (exact) mass is 250 g/mol. The second-order valence-corrected chi connectivity index (χ2v) is 6.54. The van der Waals surface area contributed by atoms with E-state index in [1.165, 1.54) is 0 Å². The Labute approximate surface area is 98.1 Å². The molecule has 1 aliphatic heterocycles. The van der Waals surface area contributed by atoms with E-state index in [2.05, 4.69) is 0 Å². The van der Waals surface area contributed by atoms with Gasteiger partial charge in [0.2, 0.25) is 0 Å². The molecule has 0 spiro atoms. The molecule has 0 saturated heterocycles. The lowest BCUT2D eigenvalue weighted by molar-refractivity contribution is 0.507. The molecule has 0 aliphatic carbocycles. The fraction of sp³-hybridized carbons (Fsp3) is 0. The first-order valence-electron chi connectivity index (χ1n) is 4.87. The molecule has 3 rings (SSSR count). The van der Waals surface area contributed by atoms with Crippen molar-refractivity contribution in [3.05, 3.63) is 48.5 Å². The van der Waals surface area contributed by atoms with Gasteiger partial charge in [-0.3, -0.25) is 4.57 Å². The number of rotatable bonds is 0. The molecule has 1 atom stereocenters. The largest absolute Gasteiger partial charge is 0.429 e. The summed E-state index contributed by atoms with van der Waals surface area (Å²) in [7, 11) is 0. The highest BCUT2D eigenvalue weighted by Gasteiger charge is 2.33. The Kier molecular flexibility index (Phi) is 2.10. The van der Waals surface area contributed by atoms with Crippen molar-refractivity contribution in [1.82, 2.24) is 0 Å². The van der Waals surface area contributed by atoms with Gasteiger partial charge >= 0.3 is 6.72 Å². The molecule has 1 unspecified atom stereocenters. The molecule has 0 radical (unpaired) electrons. The van der Waals surface area contributed by atoms with Crippen LogP contribution in [0.4, 0.5) is 0 Å². The van der Waals surface area contributed by atoms with Crippen LogP contribution in [0.25, 0.3) is 11.1 Å². The average molecular weight is 251 g/mol. The van der Waals surface area contributed by atoms with Crippen LogP contribution in [0.1, 0.15) is 0 Å². The fourth-order valence-electron chi connectivity index (χ4n) is 1.88. The van der Waals surface area contributed by atoms with Crippen LogP contribution >= 0.6 is 18.0 Å². The predicted molar refractivity (Wildman–Crippen MR) is 65.6 cm³/mol. The first-order chi connectivity index (χ1) is 7.68. The number of hydrogen-bond acceptors (Lipinski definition) is 2. The molecule has 2 aromatic carbocycles. The third-order valence-corrected chi connectivity index (χ3v) is 4.74. The lowest BCUT2D eigenvalue weighted by atomic mass is 10.0. The summed E-state index contributed by atoms with van der Waals surface area (Å²) in [5.41, 5.74) is 1.83. The first kappa shape index (κ1) is 9.95. The van der Waals surface area contributed by atoms with E-state index in [0.29, 0.717) is 11.1 Å². The van der Waals surface area contributed by atoms with Gasteiger partial charge in [0.05, 0.1) is 5.30 Å². The van der Waals surface area contributed by atoms with Crippen molar-refractivity contribution in [2.45, 2.75) is 0 Å². The van der Waals surface area contributed by atoms with Crippen molar-refractivity contribution < 1.29 is 9.09 Å². The quantitative estimate of drug-likeness (QED) is 0.665. The van der Waals surface area contributed by atoms with Crippen molar-refractivity contribution in [1.29, 1.82) is 0 Å². The predicted octanol–water partition coefficient (Wildman–Crippen LogP) is 3.80. The summed E-state index contributed by atoms with van der Waals surface area (Å²) in [6, 6.07) is 14.8. The molecule has 1 aliphatic rings. The van der Waals surface area contributed by atoms with E-state index in [9.17, 15) is 4.57 Å². The highest BCUT2D eigenvalue weighted by Crippen LogP contribution is 2.57. The summed E-state index contributed by atoms with van der Waals surface area (Å²) in [5.74, 6) is 0.583. The van der Waals surface area contributed by atoms with Gasteiger partial charge in [0.25, 0.3) is 0 Å². The zero-order valence-corrected chi connectivity index (χ0v) is 9.91. The molecule has 0 N–H and O–H groups in total. The van der Waals surface area contributed by atoms with Crippen LogP contribution in [-0.2, 0) is 4.57 Å². The van der Waals surface area contributed by atoms with Gasteiger partial charge in [0.15, 0.2) is 0 Å². The topological polar surface area (TPSA) is 26.3 Å². The number of halogens is 1. The summed E-state index contributed by atoms with van der Waals surface area (Å²) in [6.07, 6.45) is 0. The molecule has 0 fully saturated rings. The van der Waals surface area contributed by atoms with Crippen molar-refractivity contribution in [2.75, 3.05) is 0 Å². The standard InChI is InChI=1S/C12H8ClO2P/c13-16(14)12-8-4-2-6-10(12)9-5-1-3-7-11(9)15-16/h1-8H. The minimum atomic E-state index is -3.24. The van der Waals surface area contributed by atoms with Gasteiger partial charge in [-0.15, -0.1) is 0 Å². The second kappa shape index (κ2) is 3.38. The SMILES string of the molecule is O=P1(Cl)Oc2ccccc2-c2ccccc21. The molecular formula is C12H8ClO2P. The van der Waals surface area contributed by atoms with E-state index in [4.69, 9.17) is 15.8 Å². The second-order valence-electron chi connectivity index (χ2n) is 3.58. The Balaban J connectivity index is 2.38. The van der Waals surface area contributed by atoms with E-state index in [1.54, 1.807) is 12.1 Å². The Morgan fingerprint density at radius 3 is 2.38 bits per heavy atom. The van der Waals surface area contributed by atoms with Gasteiger partial charge < -0.3 is 4.52 Å². The van der Waals surface area contributed by atoms with E-state index in [-0.39, 0.29) is 0 Å². The molecule has 16 heavy (non-hydrogen) atoms. The normalized spacial score (nSPS) is 21.8. The first-order valence-corrected chi connectivity index (χ1v) is 7.40. The number of para-hydroxylation sites is 1. The zero-order valence-electron chi connectivity index (χ0n) is 8.26. The van der Waals surface area contributed by atoms with Crippen LogP contribution in [0.3, 0.4) is 0 Å². The molecule has 1 heterocycles. The van der Waals surface area contributed by atoms with Crippen LogP contribution in [0.15, 0.2) is 48.5 Å². The van der Waals surface area contributed by atoms with Gasteiger partial charge in [-0.05, 0) is 23.4 Å². The lowest BCUT2D eigenvalue weighted by Crippen LogP contribution is -2.13. The highest BCUT2D eigenvalue weighted by molar-refractivity contribution is 7.91. The Morgan fingerprint density at radius 1 is 0.938 bits per heavy atom. The smallest absolute Gasteiger partial charge is 0.367 e. The third-order valence-electron chi connectivity index (χ3n) is 2.58. The molecule has 0 bridgehead atoms. The average Bonchev–Trinajstić information content (AvgIpc) is 2.29. The van der Waals surface area contributed by atoms with Gasteiger partial charge in [0.1, 0.15) is 5.75 Å². The van der Waals surface area contributed by atoms with Gasteiger partial charge in [-0.25, -0.2) is 0 Å². The molecule has 0 aromatic heterocycles. The Bertz CT molecular complexity index is 609. The summed E-state index contributed by atoms with van der Waals surface area (Å²) in [5, 5.41) is 0.579. The summed E-state index contributed by atoms with van der Waals surface area (Å²) in [6.45, 7) is -3.24. The zero-order chi connectivity index (χ0) is 11.2. The summed E-state index contributed by atoms with van der Waals surface area (Å²) < 4.78 is 17.5. The molecule has 2 nitrogen and oxygen atoms in total. The van der Waals surface area contributed by atoms with Crippen molar-refractivity contribution in [2.24, 2.45) is 0 Å². The van der Waals surface area contributed by atoms with Crippen LogP contribution in [0, 0.1) is 0 Å². The summed E-state index contributed by atoms with van der Waals surface area (Å²) in [4.78, 5) is 0. The van der Waals surface area contributed by atoms with Gasteiger partial charge in [0, 0.05) is 11.1 Å². The molecule has 0 saturated carbocycles. The van der Waals surface area contributed by atoms with Crippen LogP contribution in [-0.4, -0.2) is 0 Å². The van der Waals surface area contributed by atoms with E-state index < -0.39 is 6.72 Å². The Morgan fingerprint density at radius 2 is 1.56 bits per heavy atom. The molecule has 0 amide bonds. The maximum absolute atomic E-state index is 12.2. The lowest BCUT2D eigenvalue weighted by Gasteiger charge is -2.23. The van der Waals surface area contributed by atoms with Crippen LogP contribution in [0.2, 0.25) is 0 Å². The Hall–Kier alpha value is -1.24. The molecular weight excluding hydrogens is 243 g/mol. The van der Waals surface area contributed by atoms with E-state index >= 15 is 0 Å².